The van der Waals surface area contributed by atoms with Crippen LogP contribution in [0.5, 0.6) is 0 Å². The molecule has 0 spiro atoms. The summed E-state index contributed by atoms with van der Waals surface area (Å²) >= 11 is 0. The van der Waals surface area contributed by atoms with E-state index in [2.05, 4.69) is 31.8 Å². The summed E-state index contributed by atoms with van der Waals surface area (Å²) in [5.41, 5.74) is 8.85. The molecule has 1 heterocycles. The normalized spacial score (nSPS) is 13.4. The molecule has 0 saturated heterocycles. The Morgan fingerprint density at radius 2 is 2.11 bits per heavy atom. The van der Waals surface area contributed by atoms with Gasteiger partial charge in [0.1, 0.15) is 5.52 Å². The largest absolute Gasteiger partial charge is 0.441 e. The van der Waals surface area contributed by atoms with Crippen molar-refractivity contribution in [2.24, 2.45) is 17.6 Å². The Hall–Kier alpha value is -1.35. The van der Waals surface area contributed by atoms with Crippen LogP contribution in [0.25, 0.3) is 11.1 Å². The number of benzene rings is 1. The number of aryl methyl sites for hydroxylation is 1. The fourth-order valence-corrected chi connectivity index (χ4v) is 2.40. The van der Waals surface area contributed by atoms with Crippen LogP contribution in [0.1, 0.15) is 31.7 Å². The number of para-hydroxylation sites is 1. The fraction of sp³-hybridized carbons (Fsp3) is 0.533. The number of nitrogens with zero attached hydrogens (tertiary/aromatic N) is 1. The summed E-state index contributed by atoms with van der Waals surface area (Å²) in [4.78, 5) is 4.59. The predicted molar refractivity (Wildman–Crippen MR) is 74.4 cm³/mol. The topological polar surface area (TPSA) is 52.0 Å². The molecule has 2 rings (SSSR count). The summed E-state index contributed by atoms with van der Waals surface area (Å²) in [6, 6.07) is 6.03. The molecule has 98 valence electrons. The smallest absolute Gasteiger partial charge is 0.195 e. The average molecular weight is 246 g/mol. The van der Waals surface area contributed by atoms with Crippen LogP contribution >= 0.6 is 0 Å². The van der Waals surface area contributed by atoms with Crippen molar-refractivity contribution < 1.29 is 4.42 Å². The van der Waals surface area contributed by atoms with Crippen molar-refractivity contribution in [1.29, 1.82) is 0 Å². The summed E-state index contributed by atoms with van der Waals surface area (Å²) in [5.74, 6) is 1.93. The van der Waals surface area contributed by atoms with Crippen LogP contribution in [0.2, 0.25) is 0 Å². The second kappa shape index (κ2) is 5.53. The summed E-state index contributed by atoms with van der Waals surface area (Å²) in [6.07, 6.45) is 1.96. The fourth-order valence-electron chi connectivity index (χ4n) is 2.40. The standard InChI is InChI=1S/C15H22N2O/c1-10(2)7-12(9-16)8-14-17-15-11(3)5-4-6-13(15)18-14/h4-6,10,12H,7-9,16H2,1-3H3. The van der Waals surface area contributed by atoms with Gasteiger partial charge in [-0.3, -0.25) is 0 Å². The first-order chi connectivity index (χ1) is 8.60. The molecule has 0 saturated carbocycles. The highest BCUT2D eigenvalue weighted by atomic mass is 16.3. The van der Waals surface area contributed by atoms with Crippen LogP contribution in [-0.4, -0.2) is 11.5 Å². The molecule has 0 fully saturated rings. The lowest BCUT2D eigenvalue weighted by atomic mass is 9.94. The Morgan fingerprint density at radius 1 is 1.33 bits per heavy atom. The van der Waals surface area contributed by atoms with Crippen LogP contribution in [-0.2, 0) is 6.42 Å². The van der Waals surface area contributed by atoms with Gasteiger partial charge in [-0.1, -0.05) is 26.0 Å². The summed E-state index contributed by atoms with van der Waals surface area (Å²) in [5, 5.41) is 0. The number of hydrogen-bond acceptors (Lipinski definition) is 3. The van der Waals surface area contributed by atoms with Crippen LogP contribution in [0.15, 0.2) is 22.6 Å². The van der Waals surface area contributed by atoms with E-state index < -0.39 is 0 Å². The molecule has 18 heavy (non-hydrogen) atoms. The van der Waals surface area contributed by atoms with E-state index in [9.17, 15) is 0 Å². The predicted octanol–water partition coefficient (Wildman–Crippen LogP) is 3.30. The van der Waals surface area contributed by atoms with Gasteiger partial charge in [0.25, 0.3) is 0 Å². The maximum Gasteiger partial charge on any atom is 0.195 e. The van der Waals surface area contributed by atoms with E-state index in [0.717, 1.165) is 35.4 Å². The van der Waals surface area contributed by atoms with E-state index in [-0.39, 0.29) is 0 Å². The molecule has 0 aliphatic rings. The summed E-state index contributed by atoms with van der Waals surface area (Å²) in [6.45, 7) is 7.19. The third kappa shape index (κ3) is 2.91. The number of nitrogens with two attached hydrogens (primary N) is 1. The highest BCUT2D eigenvalue weighted by Gasteiger charge is 2.15. The Morgan fingerprint density at radius 3 is 2.72 bits per heavy atom. The van der Waals surface area contributed by atoms with Crippen molar-refractivity contribution in [3.8, 4) is 0 Å². The molecule has 0 radical (unpaired) electrons. The minimum Gasteiger partial charge on any atom is -0.441 e. The molecular formula is C15H22N2O. The zero-order chi connectivity index (χ0) is 13.1. The number of fused-ring (bicyclic) bond motifs is 1. The first kappa shape index (κ1) is 13.1. The molecule has 0 amide bonds. The van der Waals surface area contributed by atoms with E-state index >= 15 is 0 Å². The maximum absolute atomic E-state index is 5.82. The van der Waals surface area contributed by atoms with Crippen molar-refractivity contribution >= 4 is 11.1 Å². The molecule has 0 aliphatic carbocycles. The van der Waals surface area contributed by atoms with Gasteiger partial charge in [-0.15, -0.1) is 0 Å². The molecular weight excluding hydrogens is 224 g/mol. The third-order valence-electron chi connectivity index (χ3n) is 3.27. The zero-order valence-electron chi connectivity index (χ0n) is 11.4. The average Bonchev–Trinajstić information content (AvgIpc) is 2.71. The molecule has 0 aliphatic heterocycles. The maximum atomic E-state index is 5.82. The van der Waals surface area contributed by atoms with E-state index in [4.69, 9.17) is 10.2 Å². The SMILES string of the molecule is Cc1cccc2oc(CC(CN)CC(C)C)nc12. The Kier molecular flexibility index (Phi) is 4.02. The molecule has 2 N–H and O–H groups in total. The summed E-state index contributed by atoms with van der Waals surface area (Å²) in [7, 11) is 0. The molecule has 3 nitrogen and oxygen atoms in total. The van der Waals surface area contributed by atoms with Gasteiger partial charge in [0, 0.05) is 6.42 Å². The van der Waals surface area contributed by atoms with E-state index in [1.807, 2.05) is 12.1 Å². The molecule has 3 heteroatoms. The first-order valence-electron chi connectivity index (χ1n) is 6.65. The lowest BCUT2D eigenvalue weighted by molar-refractivity contribution is 0.380. The Balaban J connectivity index is 2.18. The van der Waals surface area contributed by atoms with Gasteiger partial charge in [-0.25, -0.2) is 4.98 Å². The van der Waals surface area contributed by atoms with Crippen LogP contribution in [0, 0.1) is 18.8 Å². The minimum absolute atomic E-state index is 0.457. The second-order valence-electron chi connectivity index (χ2n) is 5.46. The number of aromatic nitrogens is 1. The first-order valence-corrected chi connectivity index (χ1v) is 6.65. The van der Waals surface area contributed by atoms with E-state index in [1.54, 1.807) is 0 Å². The van der Waals surface area contributed by atoms with Crippen molar-refractivity contribution in [1.82, 2.24) is 4.98 Å². The van der Waals surface area contributed by atoms with Crippen LogP contribution < -0.4 is 5.73 Å². The Bertz CT molecular complexity index is 516. The van der Waals surface area contributed by atoms with Crippen molar-refractivity contribution in [3.63, 3.8) is 0 Å². The van der Waals surface area contributed by atoms with E-state index in [1.165, 1.54) is 0 Å². The monoisotopic (exact) mass is 246 g/mol. The molecule has 1 aromatic carbocycles. The van der Waals surface area contributed by atoms with Gasteiger partial charge in [-0.05, 0) is 43.4 Å². The molecule has 0 bridgehead atoms. The van der Waals surface area contributed by atoms with Crippen LogP contribution in [0.4, 0.5) is 0 Å². The number of oxazole rings is 1. The van der Waals surface area contributed by atoms with Crippen molar-refractivity contribution in [2.75, 3.05) is 6.54 Å². The third-order valence-corrected chi connectivity index (χ3v) is 3.27. The lowest BCUT2D eigenvalue weighted by Gasteiger charge is -2.14. The molecule has 1 aromatic heterocycles. The highest BCUT2D eigenvalue weighted by Crippen LogP contribution is 2.22. The molecule has 2 aromatic rings. The van der Waals surface area contributed by atoms with Gasteiger partial charge < -0.3 is 10.2 Å². The van der Waals surface area contributed by atoms with Gasteiger partial charge in [-0.2, -0.15) is 0 Å². The van der Waals surface area contributed by atoms with Gasteiger partial charge in [0.05, 0.1) is 0 Å². The number of hydrogen-bond donors (Lipinski definition) is 1. The molecule has 1 unspecified atom stereocenters. The van der Waals surface area contributed by atoms with Crippen molar-refractivity contribution in [2.45, 2.75) is 33.6 Å². The zero-order valence-corrected chi connectivity index (χ0v) is 11.4. The van der Waals surface area contributed by atoms with Gasteiger partial charge in [0.15, 0.2) is 11.5 Å². The van der Waals surface area contributed by atoms with E-state index in [0.29, 0.717) is 18.4 Å². The lowest BCUT2D eigenvalue weighted by Crippen LogP contribution is -2.18. The summed E-state index contributed by atoms with van der Waals surface area (Å²) < 4.78 is 5.80. The number of rotatable bonds is 5. The van der Waals surface area contributed by atoms with Crippen molar-refractivity contribution in [3.05, 3.63) is 29.7 Å². The van der Waals surface area contributed by atoms with Gasteiger partial charge in [0.2, 0.25) is 0 Å². The second-order valence-corrected chi connectivity index (χ2v) is 5.46. The highest BCUT2D eigenvalue weighted by molar-refractivity contribution is 5.76. The minimum atomic E-state index is 0.457. The Labute approximate surface area is 108 Å². The van der Waals surface area contributed by atoms with Crippen LogP contribution in [0.3, 0.4) is 0 Å². The van der Waals surface area contributed by atoms with Gasteiger partial charge >= 0.3 is 0 Å². The quantitative estimate of drug-likeness (QED) is 0.880. The molecule has 1 atom stereocenters.